The maximum atomic E-state index is 12.9. The molecule has 156 valence electrons. The molecule has 1 aliphatic heterocycles. The highest BCUT2D eigenvalue weighted by atomic mass is 19.4. The number of carbonyl (C=O) groups is 1. The van der Waals surface area contributed by atoms with E-state index < -0.39 is 11.7 Å². The molecule has 0 radical (unpaired) electrons. The fraction of sp³-hybridized carbons (Fsp3) is 0.556. The number of nitrogens with one attached hydrogen (secondary N) is 2. The molecule has 0 aliphatic carbocycles. The lowest BCUT2D eigenvalue weighted by molar-refractivity contribution is -0.138. The maximum Gasteiger partial charge on any atom is 0.419 e. The molecule has 28 heavy (non-hydrogen) atoms. The van der Waals surface area contributed by atoms with Crippen LogP contribution >= 0.6 is 0 Å². The Balaban J connectivity index is 1.75. The Morgan fingerprint density at radius 1 is 1.29 bits per heavy atom. The third-order valence-electron chi connectivity index (χ3n) is 4.34. The van der Waals surface area contributed by atoms with Gasteiger partial charge in [0.2, 0.25) is 0 Å². The third kappa shape index (κ3) is 6.21. The number of ether oxygens (including phenoxy) is 2. The van der Waals surface area contributed by atoms with Crippen molar-refractivity contribution in [3.05, 3.63) is 29.8 Å². The monoisotopic (exact) mass is 402 g/mol. The first-order chi connectivity index (χ1) is 13.3. The van der Waals surface area contributed by atoms with E-state index in [1.54, 1.807) is 11.9 Å². The van der Waals surface area contributed by atoms with Gasteiger partial charge in [0.05, 0.1) is 19.2 Å². The number of aliphatic imine (C=N–C) groups is 1. The molecule has 0 bridgehead atoms. The molecule has 10 heteroatoms. The normalized spacial score (nSPS) is 15.9. The molecule has 1 heterocycles. The molecule has 1 aromatic rings. The number of para-hydroxylation sites is 1. The van der Waals surface area contributed by atoms with Crippen LogP contribution in [0.5, 0.6) is 5.75 Å². The molecule has 1 amide bonds. The van der Waals surface area contributed by atoms with Crippen molar-refractivity contribution in [1.82, 2.24) is 15.5 Å². The van der Waals surface area contributed by atoms with E-state index >= 15 is 0 Å². The number of hydrogen-bond donors (Lipinski definition) is 2. The van der Waals surface area contributed by atoms with E-state index in [4.69, 9.17) is 9.47 Å². The van der Waals surface area contributed by atoms with Crippen molar-refractivity contribution < 1.29 is 27.4 Å². The number of guanidine groups is 1. The highest BCUT2D eigenvalue weighted by Gasteiger charge is 2.34. The van der Waals surface area contributed by atoms with E-state index in [2.05, 4.69) is 15.6 Å². The van der Waals surface area contributed by atoms with Crippen molar-refractivity contribution in [2.75, 3.05) is 40.4 Å². The molecule has 1 aromatic carbocycles. The number of benzene rings is 1. The highest BCUT2D eigenvalue weighted by molar-refractivity contribution is 5.80. The Hall–Kier alpha value is -2.65. The minimum absolute atomic E-state index is 0.0502. The average molecular weight is 402 g/mol. The van der Waals surface area contributed by atoms with Crippen molar-refractivity contribution in [1.29, 1.82) is 0 Å². The molecule has 1 saturated heterocycles. The zero-order chi connectivity index (χ0) is 20.6. The summed E-state index contributed by atoms with van der Waals surface area (Å²) in [5.41, 5.74) is -0.796. The molecule has 2 rings (SSSR count). The maximum absolute atomic E-state index is 12.9. The summed E-state index contributed by atoms with van der Waals surface area (Å²) in [7, 11) is 2.96. The predicted molar refractivity (Wildman–Crippen MR) is 98.4 cm³/mol. The van der Waals surface area contributed by atoms with Crippen LogP contribution in [-0.4, -0.2) is 63.4 Å². The third-order valence-corrected chi connectivity index (χ3v) is 4.34. The number of methoxy groups -OCH3 is 1. The molecule has 1 aliphatic rings. The number of rotatable bonds is 5. The minimum atomic E-state index is -4.46. The van der Waals surface area contributed by atoms with Crippen molar-refractivity contribution in [3.63, 3.8) is 0 Å². The van der Waals surface area contributed by atoms with Gasteiger partial charge in [-0.25, -0.2) is 4.79 Å². The second kappa shape index (κ2) is 10.0. The summed E-state index contributed by atoms with van der Waals surface area (Å²) >= 11 is 0. The number of amides is 1. The van der Waals surface area contributed by atoms with E-state index in [0.717, 1.165) is 18.9 Å². The number of likely N-dealkylation sites (tertiary alicyclic amines) is 1. The molecular formula is C18H25F3N4O3. The Morgan fingerprint density at radius 3 is 2.57 bits per heavy atom. The summed E-state index contributed by atoms with van der Waals surface area (Å²) in [6, 6.07) is 5.25. The summed E-state index contributed by atoms with van der Waals surface area (Å²) in [4.78, 5) is 17.2. The first kappa shape index (κ1) is 21.6. The first-order valence-electron chi connectivity index (χ1n) is 8.94. The lowest BCUT2D eigenvalue weighted by Crippen LogP contribution is -2.50. The van der Waals surface area contributed by atoms with Crippen LogP contribution in [0.15, 0.2) is 29.3 Å². The second-order valence-electron chi connectivity index (χ2n) is 6.22. The smallest absolute Gasteiger partial charge is 0.419 e. The van der Waals surface area contributed by atoms with Gasteiger partial charge in [0.25, 0.3) is 0 Å². The van der Waals surface area contributed by atoms with Crippen LogP contribution < -0.4 is 15.4 Å². The van der Waals surface area contributed by atoms with Crippen LogP contribution in [0.2, 0.25) is 0 Å². The van der Waals surface area contributed by atoms with E-state index in [9.17, 15) is 18.0 Å². The molecule has 0 aromatic heterocycles. The van der Waals surface area contributed by atoms with E-state index in [1.807, 2.05) is 0 Å². The van der Waals surface area contributed by atoms with Gasteiger partial charge in [0.1, 0.15) is 12.4 Å². The predicted octanol–water partition coefficient (Wildman–Crippen LogP) is 2.48. The second-order valence-corrected chi connectivity index (χ2v) is 6.22. The topological polar surface area (TPSA) is 75.2 Å². The average Bonchev–Trinajstić information content (AvgIpc) is 2.69. The standard InChI is InChI=1S/C18H25F3N4O3/c1-22-16(24-13-7-10-25(11-8-13)17(26)27-2)23-9-12-28-15-6-4-3-5-14(15)18(19,20)21/h3-6,13H,7-12H2,1-2H3,(H2,22,23,24). The molecule has 1 fully saturated rings. The van der Waals surface area contributed by atoms with Crippen molar-refractivity contribution in [2.45, 2.75) is 25.1 Å². The van der Waals surface area contributed by atoms with E-state index in [1.165, 1.54) is 25.3 Å². The Morgan fingerprint density at radius 2 is 1.96 bits per heavy atom. The summed E-state index contributed by atoms with van der Waals surface area (Å²) in [5.74, 6) is 0.333. The fourth-order valence-corrected chi connectivity index (χ4v) is 2.88. The van der Waals surface area contributed by atoms with Crippen LogP contribution in [-0.2, 0) is 10.9 Å². The van der Waals surface area contributed by atoms with Gasteiger partial charge in [-0.2, -0.15) is 13.2 Å². The van der Waals surface area contributed by atoms with Crippen molar-refractivity contribution in [2.24, 2.45) is 4.99 Å². The summed E-state index contributed by atoms with van der Waals surface area (Å²) in [6.07, 6.45) is -3.31. The lowest BCUT2D eigenvalue weighted by Gasteiger charge is -2.32. The van der Waals surface area contributed by atoms with E-state index in [0.29, 0.717) is 19.0 Å². The molecule has 0 saturated carbocycles. The number of nitrogens with zero attached hydrogens (tertiary/aromatic N) is 2. The Bertz CT molecular complexity index is 674. The summed E-state index contributed by atoms with van der Waals surface area (Å²) in [5, 5.41) is 6.26. The number of carbonyl (C=O) groups excluding carboxylic acids is 1. The van der Waals surface area contributed by atoms with Crippen LogP contribution in [0.3, 0.4) is 0 Å². The Kier molecular flexibility index (Phi) is 7.77. The van der Waals surface area contributed by atoms with Gasteiger partial charge >= 0.3 is 12.3 Å². The van der Waals surface area contributed by atoms with Gasteiger partial charge in [0, 0.05) is 26.2 Å². The van der Waals surface area contributed by atoms with Crippen LogP contribution in [0.25, 0.3) is 0 Å². The van der Waals surface area contributed by atoms with Crippen LogP contribution in [0.1, 0.15) is 18.4 Å². The van der Waals surface area contributed by atoms with Gasteiger partial charge in [-0.3, -0.25) is 4.99 Å². The highest BCUT2D eigenvalue weighted by Crippen LogP contribution is 2.35. The molecular weight excluding hydrogens is 377 g/mol. The number of halogens is 3. The zero-order valence-corrected chi connectivity index (χ0v) is 15.9. The van der Waals surface area contributed by atoms with Crippen molar-refractivity contribution >= 4 is 12.1 Å². The largest absolute Gasteiger partial charge is 0.491 e. The lowest BCUT2D eigenvalue weighted by atomic mass is 10.1. The van der Waals surface area contributed by atoms with Crippen molar-refractivity contribution in [3.8, 4) is 5.75 Å². The molecule has 7 nitrogen and oxygen atoms in total. The van der Waals surface area contributed by atoms with E-state index in [-0.39, 0.29) is 31.0 Å². The van der Waals surface area contributed by atoms with Gasteiger partial charge in [-0.15, -0.1) is 0 Å². The van der Waals surface area contributed by atoms with Gasteiger partial charge < -0.3 is 25.0 Å². The summed E-state index contributed by atoms with van der Waals surface area (Å²) in [6.45, 7) is 1.50. The fourth-order valence-electron chi connectivity index (χ4n) is 2.88. The number of alkyl halides is 3. The molecule has 0 atom stereocenters. The molecule has 0 unspecified atom stereocenters. The number of piperidine rings is 1. The van der Waals surface area contributed by atoms with Gasteiger partial charge in [-0.05, 0) is 25.0 Å². The first-order valence-corrected chi connectivity index (χ1v) is 8.94. The quantitative estimate of drug-likeness (QED) is 0.450. The zero-order valence-electron chi connectivity index (χ0n) is 15.9. The minimum Gasteiger partial charge on any atom is -0.491 e. The van der Waals surface area contributed by atoms with Crippen LogP contribution in [0, 0.1) is 0 Å². The van der Waals surface area contributed by atoms with Gasteiger partial charge in [0.15, 0.2) is 5.96 Å². The molecule has 0 spiro atoms. The number of hydrogen-bond acceptors (Lipinski definition) is 4. The van der Waals surface area contributed by atoms with Gasteiger partial charge in [-0.1, -0.05) is 12.1 Å². The van der Waals surface area contributed by atoms with Crippen LogP contribution in [0.4, 0.5) is 18.0 Å². The SMILES string of the molecule is CN=C(NCCOc1ccccc1C(F)(F)F)NC1CCN(C(=O)OC)CC1. The Labute approximate surface area is 161 Å². The summed E-state index contributed by atoms with van der Waals surface area (Å²) < 4.78 is 48.8. The molecule has 2 N–H and O–H groups in total.